The normalized spacial score (nSPS) is 15.9. The second kappa shape index (κ2) is 6.03. The number of anilines is 1. The van der Waals surface area contributed by atoms with Crippen molar-refractivity contribution in [3.05, 3.63) is 42.7 Å². The summed E-state index contributed by atoms with van der Waals surface area (Å²) < 4.78 is 0. The molecule has 0 aliphatic heterocycles. The third-order valence-electron chi connectivity index (χ3n) is 4.95. The topological polar surface area (TPSA) is 44.8 Å². The Morgan fingerprint density at radius 1 is 1.04 bits per heavy atom. The van der Waals surface area contributed by atoms with Gasteiger partial charge in [0.25, 0.3) is 0 Å². The molecule has 4 rings (SSSR count). The van der Waals surface area contributed by atoms with Crippen LogP contribution in [-0.2, 0) is 0 Å². The molecule has 23 heavy (non-hydrogen) atoms. The molecule has 1 aliphatic carbocycles. The van der Waals surface area contributed by atoms with E-state index < -0.39 is 0 Å². The first-order chi connectivity index (χ1) is 11.3. The van der Waals surface area contributed by atoms with E-state index in [1.54, 1.807) is 6.33 Å². The van der Waals surface area contributed by atoms with Crippen molar-refractivity contribution in [1.29, 1.82) is 0 Å². The second-order valence-electron chi connectivity index (χ2n) is 6.41. The van der Waals surface area contributed by atoms with Gasteiger partial charge in [0.05, 0.1) is 5.39 Å². The van der Waals surface area contributed by atoms with Crippen LogP contribution < -0.4 is 4.90 Å². The minimum absolute atomic E-state index is 0.594. The largest absolute Gasteiger partial charge is 0.356 e. The van der Waals surface area contributed by atoms with Gasteiger partial charge in [-0.15, -0.1) is 0 Å². The number of nitrogens with zero attached hydrogens (tertiary/aromatic N) is 3. The molecule has 1 fully saturated rings. The van der Waals surface area contributed by atoms with Gasteiger partial charge in [0.15, 0.2) is 0 Å². The van der Waals surface area contributed by atoms with E-state index in [-0.39, 0.29) is 0 Å². The molecule has 1 N–H and O–H groups in total. The molecule has 0 amide bonds. The minimum Gasteiger partial charge on any atom is -0.356 e. The van der Waals surface area contributed by atoms with Gasteiger partial charge in [0, 0.05) is 18.8 Å². The number of rotatable bonds is 3. The van der Waals surface area contributed by atoms with Crippen LogP contribution in [0.4, 0.5) is 5.82 Å². The predicted molar refractivity (Wildman–Crippen MR) is 94.6 cm³/mol. The molecule has 1 aliphatic rings. The van der Waals surface area contributed by atoms with Crippen molar-refractivity contribution in [3.8, 4) is 11.3 Å². The number of nitrogens with one attached hydrogen (secondary N) is 1. The molecular weight excluding hydrogens is 284 g/mol. The summed E-state index contributed by atoms with van der Waals surface area (Å²) in [4.78, 5) is 14.8. The molecule has 0 atom stereocenters. The molecule has 118 valence electrons. The van der Waals surface area contributed by atoms with E-state index in [2.05, 4.69) is 57.2 Å². The highest BCUT2D eigenvalue weighted by molar-refractivity contribution is 5.91. The Bertz CT molecular complexity index is 787. The minimum atomic E-state index is 0.594. The number of aromatic nitrogens is 3. The number of fused-ring (bicyclic) bond motifs is 1. The van der Waals surface area contributed by atoms with E-state index in [1.165, 1.54) is 37.7 Å². The highest BCUT2D eigenvalue weighted by atomic mass is 15.2. The van der Waals surface area contributed by atoms with Crippen LogP contribution in [0.3, 0.4) is 0 Å². The fourth-order valence-corrected chi connectivity index (χ4v) is 3.62. The van der Waals surface area contributed by atoms with Gasteiger partial charge in [-0.25, -0.2) is 9.97 Å². The summed E-state index contributed by atoms with van der Waals surface area (Å²) >= 11 is 0. The zero-order valence-corrected chi connectivity index (χ0v) is 13.5. The van der Waals surface area contributed by atoms with Crippen LogP contribution in [0.1, 0.15) is 32.1 Å². The molecule has 0 unspecified atom stereocenters. The molecule has 0 spiro atoms. The Morgan fingerprint density at radius 3 is 2.61 bits per heavy atom. The van der Waals surface area contributed by atoms with Crippen LogP contribution in [0.5, 0.6) is 0 Å². The highest BCUT2D eigenvalue weighted by Gasteiger charge is 2.21. The SMILES string of the molecule is CN(c1ncnc2[nH]c(-c3ccccc3)cc12)C1CCCCC1. The average molecular weight is 306 g/mol. The van der Waals surface area contributed by atoms with Gasteiger partial charge in [-0.2, -0.15) is 0 Å². The molecule has 0 radical (unpaired) electrons. The Hall–Kier alpha value is -2.36. The van der Waals surface area contributed by atoms with E-state index in [4.69, 9.17) is 0 Å². The highest BCUT2D eigenvalue weighted by Crippen LogP contribution is 2.31. The van der Waals surface area contributed by atoms with Crippen LogP contribution in [0.15, 0.2) is 42.7 Å². The van der Waals surface area contributed by atoms with Gasteiger partial charge in [-0.1, -0.05) is 49.6 Å². The molecule has 2 heterocycles. The molecule has 0 bridgehead atoms. The fourth-order valence-electron chi connectivity index (χ4n) is 3.62. The van der Waals surface area contributed by atoms with Crippen LogP contribution in [0, 0.1) is 0 Å². The van der Waals surface area contributed by atoms with Crippen molar-refractivity contribution in [2.45, 2.75) is 38.1 Å². The molecule has 2 aromatic heterocycles. The zero-order chi connectivity index (χ0) is 15.6. The summed E-state index contributed by atoms with van der Waals surface area (Å²) in [6.07, 6.45) is 8.21. The third-order valence-corrected chi connectivity index (χ3v) is 4.95. The number of hydrogen-bond acceptors (Lipinski definition) is 3. The quantitative estimate of drug-likeness (QED) is 0.780. The van der Waals surface area contributed by atoms with E-state index in [9.17, 15) is 0 Å². The summed E-state index contributed by atoms with van der Waals surface area (Å²) in [6, 6.07) is 13.2. The Labute approximate surface area is 136 Å². The molecule has 1 aromatic carbocycles. The lowest BCUT2D eigenvalue weighted by Gasteiger charge is -2.32. The van der Waals surface area contributed by atoms with Crippen molar-refractivity contribution >= 4 is 16.9 Å². The van der Waals surface area contributed by atoms with Gasteiger partial charge in [-0.3, -0.25) is 0 Å². The van der Waals surface area contributed by atoms with Crippen molar-refractivity contribution in [3.63, 3.8) is 0 Å². The standard InChI is InChI=1S/C19H22N4/c1-23(15-10-6-3-7-11-15)19-16-12-17(14-8-4-2-5-9-14)22-18(16)20-13-21-19/h2,4-5,8-9,12-13,15H,3,6-7,10-11H2,1H3,(H,20,21,22). The lowest BCUT2D eigenvalue weighted by molar-refractivity contribution is 0.426. The smallest absolute Gasteiger partial charge is 0.143 e. The van der Waals surface area contributed by atoms with Gasteiger partial charge in [-0.05, 0) is 24.5 Å². The molecule has 4 nitrogen and oxygen atoms in total. The Morgan fingerprint density at radius 2 is 1.83 bits per heavy atom. The molecule has 4 heteroatoms. The summed E-state index contributed by atoms with van der Waals surface area (Å²) in [6.45, 7) is 0. The summed E-state index contributed by atoms with van der Waals surface area (Å²) in [5.74, 6) is 1.04. The number of H-pyrrole nitrogens is 1. The Kier molecular flexibility index (Phi) is 3.74. The molecular formula is C19H22N4. The van der Waals surface area contributed by atoms with Crippen LogP contribution in [0.2, 0.25) is 0 Å². The van der Waals surface area contributed by atoms with Gasteiger partial charge in [0.2, 0.25) is 0 Å². The average Bonchev–Trinajstić information content (AvgIpc) is 3.07. The van der Waals surface area contributed by atoms with Gasteiger partial charge < -0.3 is 9.88 Å². The van der Waals surface area contributed by atoms with Gasteiger partial charge >= 0.3 is 0 Å². The van der Waals surface area contributed by atoms with E-state index in [0.29, 0.717) is 6.04 Å². The maximum Gasteiger partial charge on any atom is 0.143 e. The third kappa shape index (κ3) is 2.69. The Balaban J connectivity index is 1.74. The zero-order valence-electron chi connectivity index (χ0n) is 13.5. The van der Waals surface area contributed by atoms with Gasteiger partial charge in [0.1, 0.15) is 17.8 Å². The van der Waals surface area contributed by atoms with E-state index in [0.717, 1.165) is 22.5 Å². The van der Waals surface area contributed by atoms with E-state index >= 15 is 0 Å². The summed E-state index contributed by atoms with van der Waals surface area (Å²) in [5, 5.41) is 1.11. The molecule has 0 saturated heterocycles. The lowest BCUT2D eigenvalue weighted by atomic mass is 9.94. The predicted octanol–water partition coefficient (Wildman–Crippen LogP) is 4.39. The number of hydrogen-bond donors (Lipinski definition) is 1. The summed E-state index contributed by atoms with van der Waals surface area (Å²) in [5.41, 5.74) is 3.19. The second-order valence-corrected chi connectivity index (χ2v) is 6.41. The number of aromatic amines is 1. The van der Waals surface area contributed by atoms with Crippen molar-refractivity contribution in [2.75, 3.05) is 11.9 Å². The van der Waals surface area contributed by atoms with Crippen molar-refractivity contribution in [1.82, 2.24) is 15.0 Å². The fraction of sp³-hybridized carbons (Fsp3) is 0.368. The van der Waals surface area contributed by atoms with Crippen LogP contribution in [0.25, 0.3) is 22.3 Å². The van der Waals surface area contributed by atoms with Crippen molar-refractivity contribution in [2.24, 2.45) is 0 Å². The summed E-state index contributed by atoms with van der Waals surface area (Å²) in [7, 11) is 2.17. The van der Waals surface area contributed by atoms with Crippen molar-refractivity contribution < 1.29 is 0 Å². The maximum atomic E-state index is 4.58. The van der Waals surface area contributed by atoms with Crippen LogP contribution >= 0.6 is 0 Å². The molecule has 1 saturated carbocycles. The first-order valence-electron chi connectivity index (χ1n) is 8.45. The lowest BCUT2D eigenvalue weighted by Crippen LogP contribution is -2.34. The molecule has 3 aromatic rings. The first-order valence-corrected chi connectivity index (χ1v) is 8.45. The monoisotopic (exact) mass is 306 g/mol. The first kappa shape index (κ1) is 14.2. The van der Waals surface area contributed by atoms with Crippen LogP contribution in [-0.4, -0.2) is 28.0 Å². The van der Waals surface area contributed by atoms with E-state index in [1.807, 2.05) is 6.07 Å². The maximum absolute atomic E-state index is 4.58. The number of benzene rings is 1.